The standard InChI is InChI=1S/C32H28N2O4/c1-17(2)15-37-31(35)25-11-9-23-22-8-6-20(14-34)28-26(32(36)38-16-18(3)4)12-10-24(30(22)28)21-7-5-19(13-33)27(25)29(21)23/h5,7-12,17-18,20H,6,15-16H2,1-4H3/t20-/m0/s1. The molecule has 6 heteroatoms. The van der Waals surface area contributed by atoms with E-state index in [4.69, 9.17) is 9.47 Å². The van der Waals surface area contributed by atoms with Crippen LogP contribution in [-0.2, 0) is 9.47 Å². The molecule has 0 heterocycles. The molecule has 6 nitrogen and oxygen atoms in total. The molecule has 1 aliphatic carbocycles. The average Bonchev–Trinajstić information content (AvgIpc) is 2.92. The van der Waals surface area contributed by atoms with E-state index < -0.39 is 17.9 Å². The van der Waals surface area contributed by atoms with Gasteiger partial charge in [-0.2, -0.15) is 10.5 Å². The van der Waals surface area contributed by atoms with Crippen LogP contribution in [0, 0.1) is 34.5 Å². The topological polar surface area (TPSA) is 100 Å². The van der Waals surface area contributed by atoms with Gasteiger partial charge in [-0.25, -0.2) is 9.59 Å². The Kier molecular flexibility index (Phi) is 6.51. The zero-order valence-electron chi connectivity index (χ0n) is 21.9. The molecule has 1 atom stereocenters. The molecule has 5 rings (SSSR count). The summed E-state index contributed by atoms with van der Waals surface area (Å²) in [5.41, 5.74) is 1.83. The first kappa shape index (κ1) is 25.2. The van der Waals surface area contributed by atoms with E-state index >= 15 is 0 Å². The fourth-order valence-corrected chi connectivity index (χ4v) is 5.34. The van der Waals surface area contributed by atoms with Gasteiger partial charge in [0.15, 0.2) is 0 Å². The second kappa shape index (κ2) is 9.80. The second-order valence-corrected chi connectivity index (χ2v) is 10.7. The van der Waals surface area contributed by atoms with Crippen molar-refractivity contribution in [1.29, 1.82) is 10.5 Å². The van der Waals surface area contributed by atoms with Crippen LogP contribution >= 0.6 is 0 Å². The monoisotopic (exact) mass is 504 g/mol. The van der Waals surface area contributed by atoms with Crippen LogP contribution in [0.1, 0.15) is 71.9 Å². The van der Waals surface area contributed by atoms with Crippen LogP contribution in [0.25, 0.3) is 38.4 Å². The van der Waals surface area contributed by atoms with Crippen LogP contribution in [0.4, 0.5) is 0 Å². The maximum atomic E-state index is 13.1. The first-order valence-electron chi connectivity index (χ1n) is 12.9. The van der Waals surface area contributed by atoms with Crippen molar-refractivity contribution in [3.63, 3.8) is 0 Å². The minimum absolute atomic E-state index is 0.182. The highest BCUT2D eigenvalue weighted by Gasteiger charge is 2.28. The Bertz CT molecular complexity index is 1770. The van der Waals surface area contributed by atoms with Crippen LogP contribution < -0.4 is 5.22 Å². The van der Waals surface area contributed by atoms with Crippen molar-refractivity contribution in [3.05, 3.63) is 63.9 Å². The van der Waals surface area contributed by atoms with Gasteiger partial charge >= 0.3 is 11.9 Å². The number of carbonyl (C=O) groups excluding carboxylic acids is 2. The lowest BCUT2D eigenvalue weighted by Crippen LogP contribution is -2.20. The largest absolute Gasteiger partial charge is 0.462 e. The quantitative estimate of drug-likeness (QED) is 0.177. The molecule has 190 valence electrons. The Morgan fingerprint density at radius 2 is 1.39 bits per heavy atom. The fourth-order valence-electron chi connectivity index (χ4n) is 5.34. The summed E-state index contributed by atoms with van der Waals surface area (Å²) in [7, 11) is 0. The van der Waals surface area contributed by atoms with Gasteiger partial charge in [-0.3, -0.25) is 0 Å². The zero-order valence-corrected chi connectivity index (χ0v) is 21.9. The predicted octanol–water partition coefficient (Wildman–Crippen LogP) is 6.15. The third-order valence-corrected chi connectivity index (χ3v) is 6.97. The molecule has 0 aliphatic heterocycles. The number of hydrogen-bond acceptors (Lipinski definition) is 6. The highest BCUT2D eigenvalue weighted by Crippen LogP contribution is 2.40. The van der Waals surface area contributed by atoms with E-state index in [9.17, 15) is 20.1 Å². The molecule has 0 radical (unpaired) electrons. The minimum atomic E-state index is -0.490. The summed E-state index contributed by atoms with van der Waals surface area (Å²) in [6, 6.07) is 15.4. The first-order valence-corrected chi connectivity index (χ1v) is 12.9. The fraction of sp³-hybridized carbons (Fsp3) is 0.312. The van der Waals surface area contributed by atoms with Gasteiger partial charge in [0.05, 0.1) is 48.0 Å². The van der Waals surface area contributed by atoms with Gasteiger partial charge in [-0.15, -0.1) is 0 Å². The number of fused-ring (bicyclic) bond motifs is 2. The number of hydrogen-bond donors (Lipinski definition) is 0. The smallest absolute Gasteiger partial charge is 0.338 e. The molecule has 0 fully saturated rings. The number of rotatable bonds is 6. The second-order valence-electron chi connectivity index (χ2n) is 10.7. The molecular weight excluding hydrogens is 476 g/mol. The van der Waals surface area contributed by atoms with Gasteiger partial charge in [0, 0.05) is 5.39 Å². The molecule has 4 aromatic rings. The van der Waals surface area contributed by atoms with Crippen molar-refractivity contribution in [3.8, 4) is 12.1 Å². The molecular formula is C32H28N2O4. The van der Waals surface area contributed by atoms with Gasteiger partial charge in [0.1, 0.15) is 0 Å². The van der Waals surface area contributed by atoms with Crippen LogP contribution in [0.2, 0.25) is 0 Å². The molecule has 0 unspecified atom stereocenters. The molecule has 38 heavy (non-hydrogen) atoms. The summed E-state index contributed by atoms with van der Waals surface area (Å²) < 4.78 is 11.1. The Morgan fingerprint density at radius 1 is 0.816 bits per heavy atom. The van der Waals surface area contributed by atoms with Gasteiger partial charge in [0.2, 0.25) is 0 Å². The summed E-state index contributed by atoms with van der Waals surface area (Å²) in [5, 5.41) is 25.7. The Hall–Kier alpha value is -4.42. The van der Waals surface area contributed by atoms with Gasteiger partial charge in [0.25, 0.3) is 0 Å². The molecule has 0 aromatic heterocycles. The Balaban J connectivity index is 1.86. The number of ether oxygens (including phenoxy) is 2. The Morgan fingerprint density at radius 3 is 2.03 bits per heavy atom. The van der Waals surface area contributed by atoms with Gasteiger partial charge < -0.3 is 9.47 Å². The van der Waals surface area contributed by atoms with E-state index in [2.05, 4.69) is 12.1 Å². The van der Waals surface area contributed by atoms with Crippen molar-refractivity contribution < 1.29 is 19.1 Å². The first-order chi connectivity index (χ1) is 18.3. The van der Waals surface area contributed by atoms with Crippen molar-refractivity contribution in [2.24, 2.45) is 11.8 Å². The van der Waals surface area contributed by atoms with Crippen LogP contribution in [0.5, 0.6) is 0 Å². The van der Waals surface area contributed by atoms with Gasteiger partial charge in [-0.1, -0.05) is 52.0 Å². The lowest BCUT2D eigenvalue weighted by Gasteiger charge is -2.23. The molecule has 0 N–H and O–H groups in total. The molecule has 0 saturated carbocycles. The van der Waals surface area contributed by atoms with Crippen molar-refractivity contribution >= 4 is 50.3 Å². The van der Waals surface area contributed by atoms with E-state index in [1.807, 2.05) is 52.0 Å². The van der Waals surface area contributed by atoms with E-state index in [0.717, 1.165) is 32.1 Å². The number of carbonyl (C=O) groups is 2. The highest BCUT2D eigenvalue weighted by atomic mass is 16.5. The maximum Gasteiger partial charge on any atom is 0.338 e. The minimum Gasteiger partial charge on any atom is -0.462 e. The molecule has 0 bridgehead atoms. The van der Waals surface area contributed by atoms with Crippen molar-refractivity contribution in [2.75, 3.05) is 13.2 Å². The van der Waals surface area contributed by atoms with Gasteiger partial charge in [-0.05, 0) is 74.2 Å². The highest BCUT2D eigenvalue weighted by molar-refractivity contribution is 6.27. The van der Waals surface area contributed by atoms with Crippen molar-refractivity contribution in [1.82, 2.24) is 0 Å². The molecule has 0 amide bonds. The van der Waals surface area contributed by atoms with Crippen LogP contribution in [0.15, 0.2) is 36.4 Å². The number of nitriles is 2. The Labute approximate surface area is 221 Å². The number of esters is 2. The summed E-state index contributed by atoms with van der Waals surface area (Å²) in [4.78, 5) is 26.2. The van der Waals surface area contributed by atoms with E-state index in [-0.39, 0.29) is 18.4 Å². The van der Waals surface area contributed by atoms with E-state index in [1.54, 1.807) is 18.2 Å². The lowest BCUT2D eigenvalue weighted by molar-refractivity contribution is 0.0451. The number of benzene rings is 4. The zero-order chi connectivity index (χ0) is 27.1. The summed E-state index contributed by atoms with van der Waals surface area (Å²) in [5.74, 6) is -1.01. The van der Waals surface area contributed by atoms with E-state index in [1.165, 1.54) is 0 Å². The van der Waals surface area contributed by atoms with E-state index in [0.29, 0.717) is 40.7 Å². The SMILES string of the molecule is CC(C)COC(=O)c1ccc2c3c1[C@H](C#N)CC=c3c1ccc(C(=O)OCC(C)C)c3c(C#N)ccc2c31. The molecule has 0 saturated heterocycles. The third-order valence-electron chi connectivity index (χ3n) is 6.97. The molecule has 4 aromatic carbocycles. The average molecular weight is 505 g/mol. The van der Waals surface area contributed by atoms with Crippen LogP contribution in [-0.4, -0.2) is 25.2 Å². The van der Waals surface area contributed by atoms with Crippen molar-refractivity contribution in [2.45, 2.75) is 40.0 Å². The normalized spacial score (nSPS) is 14.5. The molecule has 1 aliphatic rings. The summed E-state index contributed by atoms with van der Waals surface area (Å²) in [6.07, 6.45) is 2.47. The predicted molar refractivity (Wildman–Crippen MR) is 147 cm³/mol. The third kappa shape index (κ3) is 4.03. The maximum absolute atomic E-state index is 13.1. The summed E-state index contributed by atoms with van der Waals surface area (Å²) >= 11 is 0. The lowest BCUT2D eigenvalue weighted by atomic mass is 9.79. The number of nitrogens with zero attached hydrogens (tertiary/aromatic N) is 2. The summed E-state index contributed by atoms with van der Waals surface area (Å²) in [6.45, 7) is 8.47. The molecule has 0 spiro atoms. The van der Waals surface area contributed by atoms with Crippen LogP contribution in [0.3, 0.4) is 0 Å².